The van der Waals surface area contributed by atoms with Crippen LogP contribution in [0.3, 0.4) is 0 Å². The molecular formula is C33H43N3O8S. The molecule has 0 aliphatic heterocycles. The quantitative estimate of drug-likeness (QED) is 0.0643. The number of unbranched alkanes of at least 4 members (excludes halogenated alkanes) is 1. The summed E-state index contributed by atoms with van der Waals surface area (Å²) in [5, 5.41) is 17.1. The van der Waals surface area contributed by atoms with E-state index >= 15 is 0 Å². The lowest BCUT2D eigenvalue weighted by Crippen LogP contribution is -2.51. The van der Waals surface area contributed by atoms with Crippen molar-refractivity contribution < 1.29 is 37.3 Å². The van der Waals surface area contributed by atoms with Crippen molar-refractivity contribution in [1.29, 1.82) is 0 Å². The number of benzene rings is 3. The molecule has 0 aliphatic carbocycles. The second-order valence-electron chi connectivity index (χ2n) is 11.6. The number of carbonyl (C=O) groups excluding carboxylic acids is 3. The molecular weight excluding hydrogens is 598 g/mol. The Morgan fingerprint density at radius 3 is 2.11 bits per heavy atom. The lowest BCUT2D eigenvalue weighted by atomic mass is 9.80. The van der Waals surface area contributed by atoms with Crippen molar-refractivity contribution in [2.24, 2.45) is 17.8 Å². The maximum atomic E-state index is 13.8. The second kappa shape index (κ2) is 16.9. The Morgan fingerprint density at radius 2 is 1.49 bits per heavy atom. The van der Waals surface area contributed by atoms with Gasteiger partial charge in [-0.3, -0.25) is 24.1 Å². The summed E-state index contributed by atoms with van der Waals surface area (Å²) >= 11 is 0. The van der Waals surface area contributed by atoms with Gasteiger partial charge >= 0.3 is 0 Å². The van der Waals surface area contributed by atoms with Crippen molar-refractivity contribution in [2.75, 3.05) is 19.4 Å². The summed E-state index contributed by atoms with van der Waals surface area (Å²) < 4.78 is 36.1. The number of rotatable bonds is 17. The molecule has 3 aromatic rings. The van der Waals surface area contributed by atoms with Crippen molar-refractivity contribution in [3.63, 3.8) is 0 Å². The SMILES string of the molecule is CNC(=O)C(Cc1ccc(OCCCCS(=O)(=O)O)cc1)NC(=O)C(CC(C)C)C(Cc1ccc2ccccc2c1)C(=O)NO. The highest BCUT2D eigenvalue weighted by atomic mass is 32.2. The molecule has 0 fully saturated rings. The third-order valence-electron chi connectivity index (χ3n) is 7.57. The van der Waals surface area contributed by atoms with Crippen LogP contribution in [0.5, 0.6) is 5.75 Å². The smallest absolute Gasteiger partial charge is 0.264 e. The Bertz CT molecular complexity index is 1540. The van der Waals surface area contributed by atoms with E-state index < -0.39 is 45.7 Å². The van der Waals surface area contributed by atoms with Gasteiger partial charge in [0.2, 0.25) is 17.7 Å². The van der Waals surface area contributed by atoms with Gasteiger partial charge in [-0.05, 0) is 65.6 Å². The number of hydrogen-bond donors (Lipinski definition) is 5. The molecule has 0 bridgehead atoms. The second-order valence-corrected chi connectivity index (χ2v) is 13.1. The number of hydroxylamine groups is 1. The van der Waals surface area contributed by atoms with Gasteiger partial charge in [0.15, 0.2) is 0 Å². The Kier molecular flexibility index (Phi) is 13.3. The van der Waals surface area contributed by atoms with Crippen LogP contribution in [0.4, 0.5) is 0 Å². The molecule has 45 heavy (non-hydrogen) atoms. The van der Waals surface area contributed by atoms with E-state index in [1.807, 2.05) is 56.3 Å². The molecule has 3 amide bonds. The molecule has 0 aliphatic rings. The van der Waals surface area contributed by atoms with Gasteiger partial charge in [0.05, 0.1) is 24.2 Å². The van der Waals surface area contributed by atoms with Crippen molar-refractivity contribution >= 4 is 38.6 Å². The van der Waals surface area contributed by atoms with Gasteiger partial charge in [0, 0.05) is 13.5 Å². The van der Waals surface area contributed by atoms with Crippen LogP contribution >= 0.6 is 0 Å². The summed E-state index contributed by atoms with van der Waals surface area (Å²) in [5.74, 6) is -2.98. The molecule has 244 valence electrons. The highest BCUT2D eigenvalue weighted by Crippen LogP contribution is 2.27. The van der Waals surface area contributed by atoms with E-state index in [0.717, 1.165) is 21.9 Å². The summed E-state index contributed by atoms with van der Waals surface area (Å²) in [7, 11) is -2.52. The summed E-state index contributed by atoms with van der Waals surface area (Å²) in [4.78, 5) is 39.7. The van der Waals surface area contributed by atoms with Gasteiger partial charge in [-0.2, -0.15) is 8.42 Å². The predicted octanol–water partition coefficient (Wildman–Crippen LogP) is 3.69. The zero-order valence-electron chi connectivity index (χ0n) is 25.9. The minimum atomic E-state index is -4.00. The van der Waals surface area contributed by atoms with Gasteiger partial charge in [-0.1, -0.05) is 68.4 Å². The molecule has 5 N–H and O–H groups in total. The summed E-state index contributed by atoms with van der Waals surface area (Å²) in [6.45, 7) is 4.15. The van der Waals surface area contributed by atoms with E-state index in [1.165, 1.54) is 7.05 Å². The molecule has 11 nitrogen and oxygen atoms in total. The third-order valence-corrected chi connectivity index (χ3v) is 8.38. The number of likely N-dealkylation sites (N-methyl/N-ethyl adjacent to an activating group) is 1. The van der Waals surface area contributed by atoms with Gasteiger partial charge in [-0.15, -0.1) is 0 Å². The molecule has 0 radical (unpaired) electrons. The van der Waals surface area contributed by atoms with Crippen LogP contribution in [-0.4, -0.2) is 61.3 Å². The first kappa shape index (κ1) is 35.5. The first-order valence-corrected chi connectivity index (χ1v) is 16.6. The Balaban J connectivity index is 1.74. The molecule has 3 atom stereocenters. The van der Waals surface area contributed by atoms with E-state index in [9.17, 15) is 28.0 Å². The average molecular weight is 642 g/mol. The number of amides is 3. The Hall–Kier alpha value is -4.00. The standard InChI is InChI=1S/C33H43N3O8S/c1-22(2)18-28(29(32(38)36-40)20-24-10-13-25-8-4-5-9-26(25)19-24)31(37)35-30(33(39)34-3)21-23-11-14-27(15-12-23)44-16-6-7-17-45(41,42)43/h4-5,8-15,19,22,28-30,40H,6-7,16-18,20-21H2,1-3H3,(H,34,39)(H,35,37)(H,36,38)(H,41,42,43). The van der Waals surface area contributed by atoms with Crippen molar-refractivity contribution in [1.82, 2.24) is 16.1 Å². The van der Waals surface area contributed by atoms with E-state index in [-0.39, 0.29) is 37.5 Å². The molecule has 0 heterocycles. The van der Waals surface area contributed by atoms with Crippen LogP contribution in [0.15, 0.2) is 66.7 Å². The fourth-order valence-corrected chi connectivity index (χ4v) is 5.85. The third kappa shape index (κ3) is 11.5. The molecule has 0 spiro atoms. The van der Waals surface area contributed by atoms with Gasteiger partial charge in [0.25, 0.3) is 10.1 Å². The van der Waals surface area contributed by atoms with E-state index in [4.69, 9.17) is 9.29 Å². The average Bonchev–Trinajstić information content (AvgIpc) is 3.01. The fourth-order valence-electron chi connectivity index (χ4n) is 5.28. The molecule has 3 rings (SSSR count). The van der Waals surface area contributed by atoms with Gasteiger partial charge in [-0.25, -0.2) is 5.48 Å². The van der Waals surface area contributed by atoms with E-state index in [0.29, 0.717) is 18.6 Å². The summed E-state index contributed by atoms with van der Waals surface area (Å²) in [6, 6.07) is 19.7. The van der Waals surface area contributed by atoms with Crippen LogP contribution in [0.25, 0.3) is 10.8 Å². The monoisotopic (exact) mass is 641 g/mol. The van der Waals surface area contributed by atoms with Crippen LogP contribution in [-0.2, 0) is 37.3 Å². The molecule has 0 aromatic heterocycles. The molecule has 3 aromatic carbocycles. The van der Waals surface area contributed by atoms with E-state index in [2.05, 4.69) is 10.6 Å². The number of carbonyl (C=O) groups is 3. The normalized spacial score (nSPS) is 13.6. The number of fused-ring (bicyclic) bond motifs is 1. The van der Waals surface area contributed by atoms with Crippen molar-refractivity contribution in [3.8, 4) is 5.75 Å². The van der Waals surface area contributed by atoms with Crippen LogP contribution < -0.4 is 20.9 Å². The Morgan fingerprint density at radius 1 is 0.822 bits per heavy atom. The molecule has 3 unspecified atom stereocenters. The summed E-state index contributed by atoms with van der Waals surface area (Å²) in [6.07, 6.45) is 1.46. The predicted molar refractivity (Wildman–Crippen MR) is 171 cm³/mol. The lowest BCUT2D eigenvalue weighted by molar-refractivity contribution is -0.141. The Labute approximate surface area is 264 Å². The van der Waals surface area contributed by atoms with Gasteiger partial charge in [0.1, 0.15) is 11.8 Å². The lowest BCUT2D eigenvalue weighted by Gasteiger charge is -2.28. The van der Waals surface area contributed by atoms with Crippen molar-refractivity contribution in [3.05, 3.63) is 77.9 Å². The van der Waals surface area contributed by atoms with Crippen LogP contribution in [0.2, 0.25) is 0 Å². The maximum absolute atomic E-state index is 13.8. The molecule has 0 saturated carbocycles. The molecule has 12 heteroatoms. The minimum Gasteiger partial charge on any atom is -0.494 e. The van der Waals surface area contributed by atoms with Crippen LogP contribution in [0, 0.1) is 17.8 Å². The number of hydrogen-bond acceptors (Lipinski definition) is 7. The van der Waals surface area contributed by atoms with Crippen LogP contribution in [0.1, 0.15) is 44.2 Å². The topological polar surface area (TPSA) is 171 Å². The highest BCUT2D eigenvalue weighted by molar-refractivity contribution is 7.85. The summed E-state index contributed by atoms with van der Waals surface area (Å²) in [5.41, 5.74) is 3.34. The minimum absolute atomic E-state index is 0.0467. The number of ether oxygens (including phenoxy) is 1. The molecule has 0 saturated heterocycles. The van der Waals surface area contributed by atoms with E-state index in [1.54, 1.807) is 29.7 Å². The zero-order chi connectivity index (χ0) is 33.0. The first-order chi connectivity index (χ1) is 21.4. The highest BCUT2D eigenvalue weighted by Gasteiger charge is 2.36. The maximum Gasteiger partial charge on any atom is 0.264 e. The number of nitrogens with one attached hydrogen (secondary N) is 3. The zero-order valence-corrected chi connectivity index (χ0v) is 26.7. The fraction of sp³-hybridized carbons (Fsp3) is 0.424. The van der Waals surface area contributed by atoms with Gasteiger partial charge < -0.3 is 15.4 Å². The largest absolute Gasteiger partial charge is 0.494 e. The first-order valence-electron chi connectivity index (χ1n) is 15.0. The van der Waals surface area contributed by atoms with Crippen molar-refractivity contribution in [2.45, 2.75) is 52.0 Å².